The Labute approximate surface area is 174 Å². The van der Waals surface area contributed by atoms with E-state index in [0.717, 1.165) is 16.9 Å². The minimum atomic E-state index is -3.08. The molecule has 7 nitrogen and oxygen atoms in total. The number of hydrogen-bond acceptors (Lipinski definition) is 5. The summed E-state index contributed by atoms with van der Waals surface area (Å²) in [6, 6.07) is 1.60. The van der Waals surface area contributed by atoms with Gasteiger partial charge in [-0.05, 0) is 40.7 Å². The van der Waals surface area contributed by atoms with Crippen molar-refractivity contribution in [2.75, 3.05) is 23.7 Å². The number of anilines is 1. The van der Waals surface area contributed by atoms with Crippen molar-refractivity contribution < 1.29 is 12.6 Å². The first-order valence-corrected chi connectivity index (χ1v) is 12.4. The molecule has 1 aliphatic heterocycles. The maximum atomic E-state index is 12.6. The number of rotatable bonds is 4. The molecule has 2 aromatic heterocycles. The van der Waals surface area contributed by atoms with Gasteiger partial charge < -0.3 is 4.90 Å². The summed E-state index contributed by atoms with van der Waals surface area (Å²) in [6.45, 7) is 10.2. The summed E-state index contributed by atoms with van der Waals surface area (Å²) in [5.74, 6) is 0.937. The third-order valence-electron chi connectivity index (χ3n) is 4.99. The molecule has 0 amide bonds. The zero-order valence-electron chi connectivity index (χ0n) is 16.8. The largest absolute Gasteiger partial charge is 0.355 e. The lowest BCUT2D eigenvalue weighted by Gasteiger charge is -2.35. The van der Waals surface area contributed by atoms with E-state index in [0.29, 0.717) is 18.1 Å². The maximum absolute atomic E-state index is 12.6. The molecule has 1 N–H and O–H groups in total. The highest BCUT2D eigenvalue weighted by molar-refractivity contribution is 7.92. The zero-order valence-corrected chi connectivity index (χ0v) is 19.2. The van der Waals surface area contributed by atoms with Crippen LogP contribution in [0.1, 0.15) is 46.2 Å². The van der Waals surface area contributed by atoms with Gasteiger partial charge in [-0.25, -0.2) is 22.3 Å². The van der Waals surface area contributed by atoms with Crippen molar-refractivity contribution in [3.63, 3.8) is 0 Å². The molecule has 0 bridgehead atoms. The summed E-state index contributed by atoms with van der Waals surface area (Å²) < 4.78 is 41.6. The van der Waals surface area contributed by atoms with Crippen molar-refractivity contribution in [3.8, 4) is 0 Å². The summed E-state index contributed by atoms with van der Waals surface area (Å²) >= 11 is 6.48. The van der Waals surface area contributed by atoms with Crippen molar-refractivity contribution in [1.29, 1.82) is 0 Å². The molecule has 1 aliphatic rings. The van der Waals surface area contributed by atoms with E-state index in [-0.39, 0.29) is 11.8 Å². The van der Waals surface area contributed by atoms with Gasteiger partial charge >= 0.3 is 0 Å². The number of aromatic nitrogens is 2. The minimum absolute atomic E-state index is 0.0994. The van der Waals surface area contributed by atoms with Crippen molar-refractivity contribution in [2.24, 2.45) is 0 Å². The third kappa shape index (κ3) is 4.08. The first kappa shape index (κ1) is 21.5. The molecular formula is C18H27ClN4O3S2. The van der Waals surface area contributed by atoms with Crippen LogP contribution in [-0.4, -0.2) is 50.9 Å². The quantitative estimate of drug-likeness (QED) is 0.780. The van der Waals surface area contributed by atoms with Crippen molar-refractivity contribution in [3.05, 3.63) is 29.2 Å². The highest BCUT2D eigenvalue weighted by Gasteiger charge is 2.33. The number of imidazole rings is 1. The molecule has 2 unspecified atom stereocenters. The van der Waals surface area contributed by atoms with Gasteiger partial charge in [-0.1, -0.05) is 11.6 Å². The van der Waals surface area contributed by atoms with Crippen molar-refractivity contribution >= 4 is 43.8 Å². The Morgan fingerprint density at radius 1 is 1.39 bits per heavy atom. The standard InChI is InChI=1S/C18H27ClN4O3S2/c1-12-10-22(6-7-28(12,25)26)17-14(13(2)21-27(24)18(3,4)5)8-15(19)16-9-20-11-23(16)17/h8-9,11-13,21H,6-7,10H2,1-5H3/t12?,13?,27-/m0/s1. The smallest absolute Gasteiger partial charge is 0.156 e. The lowest BCUT2D eigenvalue weighted by Crippen LogP contribution is -2.47. The summed E-state index contributed by atoms with van der Waals surface area (Å²) in [4.78, 5) is 6.28. The molecule has 3 rings (SSSR count). The van der Waals surface area contributed by atoms with Gasteiger partial charge in [-0.15, -0.1) is 0 Å². The number of nitrogens with one attached hydrogen (secondary N) is 1. The van der Waals surface area contributed by atoms with Crippen LogP contribution in [0, 0.1) is 0 Å². The third-order valence-corrected chi connectivity index (χ3v) is 9.10. The van der Waals surface area contributed by atoms with E-state index in [1.165, 1.54) is 0 Å². The second-order valence-electron chi connectivity index (χ2n) is 8.26. The normalized spacial score (nSPS) is 22.4. The minimum Gasteiger partial charge on any atom is -0.355 e. The highest BCUT2D eigenvalue weighted by atomic mass is 35.5. The van der Waals surface area contributed by atoms with Crippen LogP contribution in [0.4, 0.5) is 5.82 Å². The van der Waals surface area contributed by atoms with Crippen LogP contribution >= 0.6 is 11.6 Å². The number of nitrogens with zero attached hydrogens (tertiary/aromatic N) is 3. The Bertz CT molecular complexity index is 1010. The van der Waals surface area contributed by atoms with Crippen LogP contribution in [0.2, 0.25) is 5.02 Å². The number of pyridine rings is 1. The number of hydrogen-bond donors (Lipinski definition) is 1. The van der Waals surface area contributed by atoms with E-state index in [2.05, 4.69) is 14.6 Å². The van der Waals surface area contributed by atoms with E-state index >= 15 is 0 Å². The van der Waals surface area contributed by atoms with E-state index in [9.17, 15) is 12.6 Å². The molecule has 0 radical (unpaired) electrons. The molecule has 3 heterocycles. The fraction of sp³-hybridized carbons (Fsp3) is 0.611. The summed E-state index contributed by atoms with van der Waals surface area (Å²) in [5, 5.41) is 0.0828. The molecule has 1 saturated heterocycles. The van der Waals surface area contributed by atoms with Crippen molar-refractivity contribution in [2.45, 2.75) is 50.7 Å². The van der Waals surface area contributed by atoms with E-state index in [4.69, 9.17) is 11.6 Å². The summed E-state index contributed by atoms with van der Waals surface area (Å²) in [7, 11) is -4.34. The fourth-order valence-corrected chi connectivity index (χ4v) is 5.60. The molecular weight excluding hydrogens is 420 g/mol. The molecule has 0 saturated carbocycles. The number of sulfone groups is 1. The van der Waals surface area contributed by atoms with E-state index in [1.54, 1.807) is 19.4 Å². The molecule has 156 valence electrons. The van der Waals surface area contributed by atoms with Gasteiger partial charge in [-0.3, -0.25) is 4.40 Å². The maximum Gasteiger partial charge on any atom is 0.156 e. The van der Waals surface area contributed by atoms with Gasteiger partial charge in [0.25, 0.3) is 0 Å². The van der Waals surface area contributed by atoms with Gasteiger partial charge in [0.2, 0.25) is 0 Å². The van der Waals surface area contributed by atoms with Crippen LogP contribution in [0.15, 0.2) is 18.6 Å². The Balaban J connectivity index is 2.07. The van der Waals surface area contributed by atoms with Gasteiger partial charge in [0.15, 0.2) is 9.84 Å². The monoisotopic (exact) mass is 446 g/mol. The molecule has 0 spiro atoms. The van der Waals surface area contributed by atoms with Crippen LogP contribution < -0.4 is 9.62 Å². The van der Waals surface area contributed by atoms with Gasteiger partial charge in [-0.2, -0.15) is 0 Å². The second-order valence-corrected chi connectivity index (χ2v) is 13.2. The number of fused-ring (bicyclic) bond motifs is 1. The number of halogens is 1. The zero-order chi connectivity index (χ0) is 20.9. The summed E-state index contributed by atoms with van der Waals surface area (Å²) in [6.07, 6.45) is 3.37. The van der Waals surface area contributed by atoms with Crippen LogP contribution in [-0.2, 0) is 20.8 Å². The lowest BCUT2D eigenvalue weighted by molar-refractivity contribution is 0.567. The molecule has 2 aromatic rings. The topological polar surface area (TPSA) is 83.8 Å². The Hall–Kier alpha value is -1.16. The Morgan fingerprint density at radius 3 is 2.68 bits per heavy atom. The molecule has 0 aromatic carbocycles. The predicted molar refractivity (Wildman–Crippen MR) is 115 cm³/mol. The second kappa shape index (κ2) is 7.59. The Morgan fingerprint density at radius 2 is 2.07 bits per heavy atom. The lowest BCUT2D eigenvalue weighted by atomic mass is 10.1. The van der Waals surface area contributed by atoms with Gasteiger partial charge in [0.05, 0.1) is 43.5 Å². The van der Waals surface area contributed by atoms with Gasteiger partial charge in [0, 0.05) is 24.7 Å². The van der Waals surface area contributed by atoms with E-state index < -0.39 is 30.8 Å². The van der Waals surface area contributed by atoms with E-state index in [1.807, 2.05) is 38.2 Å². The van der Waals surface area contributed by atoms with Crippen LogP contribution in [0.25, 0.3) is 5.52 Å². The fourth-order valence-electron chi connectivity index (χ4n) is 3.26. The summed E-state index contributed by atoms with van der Waals surface area (Å²) in [5.41, 5.74) is 1.62. The average Bonchev–Trinajstić information content (AvgIpc) is 3.06. The Kier molecular flexibility index (Phi) is 5.84. The van der Waals surface area contributed by atoms with Crippen LogP contribution in [0.3, 0.4) is 0 Å². The van der Waals surface area contributed by atoms with Gasteiger partial charge in [0.1, 0.15) is 12.1 Å². The molecule has 3 atom stereocenters. The molecule has 1 fully saturated rings. The first-order valence-electron chi connectivity index (χ1n) is 9.21. The van der Waals surface area contributed by atoms with Crippen LogP contribution in [0.5, 0.6) is 0 Å². The highest BCUT2D eigenvalue weighted by Crippen LogP contribution is 2.34. The SMILES string of the molecule is CC(N[S@@](=O)C(C)(C)C)c1cc(Cl)c2cncn2c1N1CCS(=O)(=O)C(C)C1. The van der Waals surface area contributed by atoms with Crippen molar-refractivity contribution in [1.82, 2.24) is 14.1 Å². The molecule has 0 aliphatic carbocycles. The molecule has 10 heteroatoms. The first-order chi connectivity index (χ1) is 12.9. The molecule has 28 heavy (non-hydrogen) atoms. The predicted octanol–water partition coefficient (Wildman–Crippen LogP) is 2.72. The average molecular weight is 447 g/mol.